The van der Waals surface area contributed by atoms with Crippen LogP contribution in [0.3, 0.4) is 0 Å². The molecule has 6 heteroatoms. The van der Waals surface area contributed by atoms with E-state index in [-0.39, 0.29) is 6.04 Å². The van der Waals surface area contributed by atoms with E-state index in [4.69, 9.17) is 0 Å². The molecule has 1 amide bonds. The predicted molar refractivity (Wildman–Crippen MR) is 84.9 cm³/mol. The molecule has 3 rings (SSSR count). The molecule has 0 spiro atoms. The van der Waals surface area contributed by atoms with Crippen molar-refractivity contribution in [3.05, 3.63) is 39.3 Å². The van der Waals surface area contributed by atoms with Gasteiger partial charge in [0, 0.05) is 23.7 Å². The van der Waals surface area contributed by atoms with Crippen LogP contribution in [0.25, 0.3) is 0 Å². The number of carbonyl (C=O) groups excluding carboxylic acids is 2. The molecule has 0 N–H and O–H groups in total. The Morgan fingerprint density at radius 1 is 1.41 bits per heavy atom. The summed E-state index contributed by atoms with van der Waals surface area (Å²) in [6.45, 7) is 4.11. The van der Waals surface area contributed by atoms with Gasteiger partial charge in [-0.2, -0.15) is 5.10 Å². The number of aryl methyl sites for hydroxylation is 2. The fourth-order valence-electron chi connectivity index (χ4n) is 2.66. The number of amides is 1. The van der Waals surface area contributed by atoms with Crippen LogP contribution in [0.15, 0.2) is 17.5 Å². The average molecular weight is 317 g/mol. The zero-order valence-electron chi connectivity index (χ0n) is 13.0. The van der Waals surface area contributed by atoms with E-state index in [0.29, 0.717) is 17.8 Å². The molecule has 1 aliphatic carbocycles. The minimum atomic E-state index is -0.438. The fourth-order valence-corrected chi connectivity index (χ4v) is 3.37. The molecule has 0 radical (unpaired) electrons. The molecule has 0 atom stereocenters. The minimum absolute atomic E-state index is 0.204. The maximum absolute atomic E-state index is 12.7. The Kier molecular flexibility index (Phi) is 3.87. The summed E-state index contributed by atoms with van der Waals surface area (Å²) in [6, 6.07) is 4.17. The molecular weight excluding hydrogens is 298 g/mol. The molecular formula is C16H19N3O2S. The molecule has 5 nitrogen and oxygen atoms in total. The van der Waals surface area contributed by atoms with Crippen LogP contribution >= 0.6 is 11.3 Å². The first kappa shape index (κ1) is 15.0. The zero-order valence-corrected chi connectivity index (χ0v) is 13.8. The topological polar surface area (TPSA) is 55.2 Å². The molecule has 0 unspecified atom stereocenters. The van der Waals surface area contributed by atoms with Gasteiger partial charge in [0.2, 0.25) is 0 Å². The van der Waals surface area contributed by atoms with Crippen molar-refractivity contribution in [1.82, 2.24) is 14.7 Å². The first-order valence-corrected chi connectivity index (χ1v) is 8.25. The van der Waals surface area contributed by atoms with E-state index in [0.717, 1.165) is 23.4 Å². The van der Waals surface area contributed by atoms with Gasteiger partial charge in [-0.1, -0.05) is 6.07 Å². The second-order valence-corrected chi connectivity index (χ2v) is 6.77. The highest BCUT2D eigenvalue weighted by atomic mass is 32.1. The van der Waals surface area contributed by atoms with Crippen LogP contribution in [0.5, 0.6) is 0 Å². The Balaban J connectivity index is 1.85. The summed E-state index contributed by atoms with van der Waals surface area (Å²) < 4.78 is 1.65. The van der Waals surface area contributed by atoms with Crippen LogP contribution in [-0.4, -0.2) is 32.4 Å². The number of thiophene rings is 1. The van der Waals surface area contributed by atoms with E-state index in [1.807, 2.05) is 24.4 Å². The van der Waals surface area contributed by atoms with Crippen molar-refractivity contribution in [2.75, 3.05) is 0 Å². The SMILES string of the molecule is Cc1nn(C)c(C)c1C(=O)C(=O)N(Cc1cccs1)C1CC1. The molecule has 2 aromatic rings. The van der Waals surface area contributed by atoms with Crippen molar-refractivity contribution in [2.45, 2.75) is 39.3 Å². The van der Waals surface area contributed by atoms with E-state index in [1.165, 1.54) is 0 Å². The second kappa shape index (κ2) is 5.68. The number of rotatable bonds is 5. The lowest BCUT2D eigenvalue weighted by atomic mass is 10.1. The summed E-state index contributed by atoms with van der Waals surface area (Å²) in [5, 5.41) is 6.22. The molecule has 2 heterocycles. The monoisotopic (exact) mass is 317 g/mol. The number of ketones is 1. The molecule has 22 heavy (non-hydrogen) atoms. The molecule has 0 saturated heterocycles. The maximum Gasteiger partial charge on any atom is 0.295 e. The van der Waals surface area contributed by atoms with Crippen molar-refractivity contribution in [3.63, 3.8) is 0 Å². The van der Waals surface area contributed by atoms with Crippen LogP contribution in [0, 0.1) is 13.8 Å². The lowest BCUT2D eigenvalue weighted by molar-refractivity contribution is -0.127. The smallest absolute Gasteiger partial charge is 0.295 e. The number of hydrogen-bond acceptors (Lipinski definition) is 4. The Labute approximate surface area is 133 Å². The van der Waals surface area contributed by atoms with Crippen LogP contribution < -0.4 is 0 Å². The molecule has 0 bridgehead atoms. The van der Waals surface area contributed by atoms with Gasteiger partial charge >= 0.3 is 0 Å². The summed E-state index contributed by atoms with van der Waals surface area (Å²) in [6.07, 6.45) is 1.96. The number of hydrogen-bond donors (Lipinski definition) is 0. The van der Waals surface area contributed by atoms with E-state index in [2.05, 4.69) is 5.10 Å². The molecule has 1 aliphatic rings. The lowest BCUT2D eigenvalue weighted by Crippen LogP contribution is -2.38. The van der Waals surface area contributed by atoms with Gasteiger partial charge in [0.1, 0.15) is 0 Å². The van der Waals surface area contributed by atoms with E-state index in [1.54, 1.807) is 34.9 Å². The van der Waals surface area contributed by atoms with Gasteiger partial charge < -0.3 is 4.90 Å². The van der Waals surface area contributed by atoms with Crippen LogP contribution in [0.1, 0.15) is 39.5 Å². The van der Waals surface area contributed by atoms with Gasteiger partial charge in [-0.25, -0.2) is 0 Å². The Hall–Kier alpha value is -1.95. The lowest BCUT2D eigenvalue weighted by Gasteiger charge is -2.21. The summed E-state index contributed by atoms with van der Waals surface area (Å²) in [5.74, 6) is -0.846. The van der Waals surface area contributed by atoms with Crippen molar-refractivity contribution in [1.29, 1.82) is 0 Å². The third-order valence-electron chi connectivity index (χ3n) is 4.09. The number of carbonyl (C=O) groups is 2. The highest BCUT2D eigenvalue weighted by molar-refractivity contribution is 7.09. The van der Waals surface area contributed by atoms with E-state index >= 15 is 0 Å². The highest BCUT2D eigenvalue weighted by Gasteiger charge is 2.37. The summed E-state index contributed by atoms with van der Waals surface area (Å²) >= 11 is 1.61. The van der Waals surface area contributed by atoms with Crippen molar-refractivity contribution in [3.8, 4) is 0 Å². The van der Waals surface area contributed by atoms with E-state index in [9.17, 15) is 9.59 Å². The molecule has 1 fully saturated rings. The molecule has 0 aromatic carbocycles. The Morgan fingerprint density at radius 3 is 2.64 bits per heavy atom. The number of Topliss-reactive ketones (excluding diaryl/α,β-unsaturated/α-hetero) is 1. The van der Waals surface area contributed by atoms with Gasteiger partial charge in [-0.3, -0.25) is 14.3 Å². The maximum atomic E-state index is 12.7. The van der Waals surface area contributed by atoms with Gasteiger partial charge in [0.05, 0.1) is 17.8 Å². The average Bonchev–Trinajstić information content (AvgIpc) is 3.13. The molecule has 116 valence electrons. The fraction of sp³-hybridized carbons (Fsp3) is 0.438. The quantitative estimate of drug-likeness (QED) is 0.629. The second-order valence-electron chi connectivity index (χ2n) is 5.74. The third-order valence-corrected chi connectivity index (χ3v) is 4.95. The first-order valence-electron chi connectivity index (χ1n) is 7.37. The molecule has 0 aliphatic heterocycles. The highest BCUT2D eigenvalue weighted by Crippen LogP contribution is 2.30. The number of aromatic nitrogens is 2. The molecule has 1 saturated carbocycles. The zero-order chi connectivity index (χ0) is 15.9. The van der Waals surface area contributed by atoms with Crippen molar-refractivity contribution in [2.24, 2.45) is 7.05 Å². The van der Waals surface area contributed by atoms with Gasteiger partial charge in [-0.15, -0.1) is 11.3 Å². The Bertz CT molecular complexity index is 714. The largest absolute Gasteiger partial charge is 0.328 e. The van der Waals surface area contributed by atoms with E-state index < -0.39 is 11.7 Å². The van der Waals surface area contributed by atoms with Crippen LogP contribution in [0.2, 0.25) is 0 Å². The van der Waals surface area contributed by atoms with Crippen molar-refractivity contribution < 1.29 is 9.59 Å². The van der Waals surface area contributed by atoms with Gasteiger partial charge in [0.15, 0.2) is 0 Å². The van der Waals surface area contributed by atoms with Crippen LogP contribution in [-0.2, 0) is 18.4 Å². The predicted octanol–water partition coefficient (Wildman–Crippen LogP) is 2.47. The Morgan fingerprint density at radius 2 is 2.14 bits per heavy atom. The summed E-state index contributed by atoms with van der Waals surface area (Å²) in [7, 11) is 1.79. The summed E-state index contributed by atoms with van der Waals surface area (Å²) in [5.41, 5.74) is 1.80. The van der Waals surface area contributed by atoms with Gasteiger partial charge in [-0.05, 0) is 38.1 Å². The third kappa shape index (κ3) is 2.70. The first-order chi connectivity index (χ1) is 10.5. The number of nitrogens with zero attached hydrogens (tertiary/aromatic N) is 3. The minimum Gasteiger partial charge on any atom is -0.328 e. The molecule has 2 aromatic heterocycles. The normalized spacial score (nSPS) is 14.1. The van der Waals surface area contributed by atoms with Gasteiger partial charge in [0.25, 0.3) is 11.7 Å². The standard InChI is InChI=1S/C16H19N3O2S/c1-10-14(11(2)18(3)17-10)15(20)16(21)19(12-6-7-12)9-13-5-4-8-22-13/h4-5,8,12H,6-7,9H2,1-3H3. The van der Waals surface area contributed by atoms with Crippen molar-refractivity contribution >= 4 is 23.0 Å². The van der Waals surface area contributed by atoms with Crippen LogP contribution in [0.4, 0.5) is 0 Å². The summed E-state index contributed by atoms with van der Waals surface area (Å²) in [4.78, 5) is 28.2.